The zero-order valence-electron chi connectivity index (χ0n) is 11.3. The monoisotopic (exact) mass is 278 g/mol. The van der Waals surface area contributed by atoms with Gasteiger partial charge in [-0.25, -0.2) is 20.8 Å². The molecule has 2 aromatic heterocycles. The van der Waals surface area contributed by atoms with Gasteiger partial charge in [0.05, 0.1) is 6.54 Å². The first-order valence-corrected chi connectivity index (χ1v) is 6.91. The van der Waals surface area contributed by atoms with Crippen LogP contribution in [0.4, 0.5) is 11.6 Å². The van der Waals surface area contributed by atoms with Crippen LogP contribution in [0.2, 0.25) is 0 Å². The van der Waals surface area contributed by atoms with Gasteiger partial charge in [0.25, 0.3) is 0 Å². The third-order valence-electron chi connectivity index (χ3n) is 2.50. The summed E-state index contributed by atoms with van der Waals surface area (Å²) in [7, 11) is 0. The van der Waals surface area contributed by atoms with Crippen LogP contribution in [0.3, 0.4) is 0 Å². The van der Waals surface area contributed by atoms with Gasteiger partial charge in [0, 0.05) is 23.1 Å². The molecule has 0 aliphatic rings. The molecule has 0 radical (unpaired) electrons. The number of thiazole rings is 1. The standard InChI is InChI=1S/C12H18N6S/c1-7(2)12-16-9(4-10(17-12)18-13)14-6-11-15-5-8(3)19-11/h4-5,7H,6,13H2,1-3H3,(H2,14,16,17,18). The number of aryl methyl sites for hydroxylation is 1. The lowest BCUT2D eigenvalue weighted by atomic mass is 10.2. The van der Waals surface area contributed by atoms with E-state index in [1.54, 1.807) is 17.4 Å². The fraction of sp³-hybridized carbons (Fsp3) is 0.417. The van der Waals surface area contributed by atoms with Gasteiger partial charge < -0.3 is 10.7 Å². The van der Waals surface area contributed by atoms with Gasteiger partial charge in [-0.1, -0.05) is 13.8 Å². The molecule has 0 saturated heterocycles. The summed E-state index contributed by atoms with van der Waals surface area (Å²) in [5.74, 6) is 7.78. The molecule has 0 aromatic carbocycles. The average Bonchev–Trinajstić information content (AvgIpc) is 2.81. The first kappa shape index (κ1) is 13.7. The van der Waals surface area contributed by atoms with Crippen LogP contribution in [0.1, 0.15) is 35.5 Å². The summed E-state index contributed by atoms with van der Waals surface area (Å²) in [4.78, 5) is 14.3. The maximum atomic E-state index is 5.42. The lowest BCUT2D eigenvalue weighted by molar-refractivity contribution is 0.775. The van der Waals surface area contributed by atoms with E-state index in [2.05, 4.69) is 25.7 Å². The second kappa shape index (κ2) is 5.94. The topological polar surface area (TPSA) is 88.8 Å². The summed E-state index contributed by atoms with van der Waals surface area (Å²) in [6.45, 7) is 6.78. The lowest BCUT2D eigenvalue weighted by Crippen LogP contribution is -2.12. The molecular weight excluding hydrogens is 260 g/mol. The van der Waals surface area contributed by atoms with Crippen molar-refractivity contribution >= 4 is 23.0 Å². The molecule has 7 heteroatoms. The Labute approximate surface area is 116 Å². The molecule has 0 atom stereocenters. The summed E-state index contributed by atoms with van der Waals surface area (Å²) in [5.41, 5.74) is 2.56. The molecule has 2 aromatic rings. The van der Waals surface area contributed by atoms with Crippen molar-refractivity contribution in [2.45, 2.75) is 33.2 Å². The van der Waals surface area contributed by atoms with E-state index in [9.17, 15) is 0 Å². The number of aromatic nitrogens is 3. The number of rotatable bonds is 5. The van der Waals surface area contributed by atoms with Crippen LogP contribution in [0.25, 0.3) is 0 Å². The minimum atomic E-state index is 0.246. The minimum Gasteiger partial charge on any atom is -0.363 e. The van der Waals surface area contributed by atoms with E-state index in [0.29, 0.717) is 12.4 Å². The SMILES string of the molecule is Cc1cnc(CNc2cc(NN)nc(C(C)C)n2)s1. The molecule has 6 nitrogen and oxygen atoms in total. The quantitative estimate of drug-likeness (QED) is 0.574. The zero-order chi connectivity index (χ0) is 13.8. The van der Waals surface area contributed by atoms with Gasteiger partial charge >= 0.3 is 0 Å². The minimum absolute atomic E-state index is 0.246. The van der Waals surface area contributed by atoms with Crippen molar-refractivity contribution in [3.05, 3.63) is 28.0 Å². The first-order valence-electron chi connectivity index (χ1n) is 6.09. The Balaban J connectivity index is 2.12. The number of nitrogen functional groups attached to an aromatic ring is 1. The van der Waals surface area contributed by atoms with Gasteiger partial charge in [0.2, 0.25) is 0 Å². The molecule has 0 spiro atoms. The van der Waals surface area contributed by atoms with Crippen LogP contribution in [-0.2, 0) is 6.54 Å². The van der Waals surface area contributed by atoms with Crippen LogP contribution in [0.15, 0.2) is 12.3 Å². The molecule has 0 saturated carbocycles. The molecule has 0 unspecified atom stereocenters. The number of nitrogens with two attached hydrogens (primary N) is 1. The Morgan fingerprint density at radius 1 is 1.32 bits per heavy atom. The van der Waals surface area contributed by atoms with Crippen molar-refractivity contribution < 1.29 is 0 Å². The van der Waals surface area contributed by atoms with E-state index < -0.39 is 0 Å². The number of hydrazine groups is 1. The van der Waals surface area contributed by atoms with Crippen LogP contribution in [-0.4, -0.2) is 15.0 Å². The van der Waals surface area contributed by atoms with Crippen molar-refractivity contribution in [1.82, 2.24) is 15.0 Å². The summed E-state index contributed by atoms with van der Waals surface area (Å²) in [5, 5.41) is 4.28. The predicted molar refractivity (Wildman–Crippen MR) is 78.1 cm³/mol. The van der Waals surface area contributed by atoms with Crippen LogP contribution in [0.5, 0.6) is 0 Å². The number of anilines is 2. The molecule has 0 amide bonds. The Kier molecular flexibility index (Phi) is 4.28. The van der Waals surface area contributed by atoms with Gasteiger partial charge in [-0.15, -0.1) is 11.3 Å². The maximum Gasteiger partial charge on any atom is 0.145 e. The number of nitrogens with one attached hydrogen (secondary N) is 2. The maximum absolute atomic E-state index is 5.42. The Hall–Kier alpha value is -1.73. The third-order valence-corrected chi connectivity index (χ3v) is 3.41. The highest BCUT2D eigenvalue weighted by molar-refractivity contribution is 7.11. The molecule has 2 heterocycles. The molecule has 102 valence electrons. The van der Waals surface area contributed by atoms with Crippen LogP contribution < -0.4 is 16.6 Å². The average molecular weight is 278 g/mol. The highest BCUT2D eigenvalue weighted by Crippen LogP contribution is 2.18. The van der Waals surface area contributed by atoms with Crippen molar-refractivity contribution in [2.75, 3.05) is 10.7 Å². The third kappa shape index (κ3) is 3.62. The van der Waals surface area contributed by atoms with E-state index in [4.69, 9.17) is 5.84 Å². The van der Waals surface area contributed by atoms with Gasteiger partial charge in [-0.3, -0.25) is 0 Å². The van der Waals surface area contributed by atoms with Crippen molar-refractivity contribution in [2.24, 2.45) is 5.84 Å². The fourth-order valence-corrected chi connectivity index (χ4v) is 2.26. The Morgan fingerprint density at radius 2 is 2.05 bits per heavy atom. The predicted octanol–water partition coefficient (Wildman–Crippen LogP) is 2.26. The molecule has 0 fully saturated rings. The highest BCUT2D eigenvalue weighted by atomic mass is 32.1. The summed E-state index contributed by atoms with van der Waals surface area (Å²) in [6.07, 6.45) is 1.87. The molecule has 2 rings (SSSR count). The van der Waals surface area contributed by atoms with Gasteiger partial charge in [-0.2, -0.15) is 0 Å². The molecule has 0 aliphatic carbocycles. The molecule has 0 aliphatic heterocycles. The van der Waals surface area contributed by atoms with E-state index in [-0.39, 0.29) is 5.92 Å². The number of hydrogen-bond acceptors (Lipinski definition) is 7. The lowest BCUT2D eigenvalue weighted by Gasteiger charge is -2.10. The molecule has 0 bridgehead atoms. The van der Waals surface area contributed by atoms with Crippen LogP contribution >= 0.6 is 11.3 Å². The van der Waals surface area contributed by atoms with Crippen molar-refractivity contribution in [3.8, 4) is 0 Å². The van der Waals surface area contributed by atoms with Crippen molar-refractivity contribution in [1.29, 1.82) is 0 Å². The van der Waals surface area contributed by atoms with Gasteiger partial charge in [-0.05, 0) is 6.92 Å². The van der Waals surface area contributed by atoms with Gasteiger partial charge in [0.15, 0.2) is 0 Å². The smallest absolute Gasteiger partial charge is 0.145 e. The zero-order valence-corrected chi connectivity index (χ0v) is 12.1. The Bertz CT molecular complexity index is 551. The number of hydrogen-bond donors (Lipinski definition) is 3. The fourth-order valence-electron chi connectivity index (χ4n) is 1.54. The van der Waals surface area contributed by atoms with E-state index >= 15 is 0 Å². The summed E-state index contributed by atoms with van der Waals surface area (Å²) >= 11 is 1.67. The molecule has 19 heavy (non-hydrogen) atoms. The summed E-state index contributed by atoms with van der Waals surface area (Å²) < 4.78 is 0. The van der Waals surface area contributed by atoms with E-state index in [1.807, 2.05) is 27.0 Å². The highest BCUT2D eigenvalue weighted by Gasteiger charge is 2.08. The molecule has 4 N–H and O–H groups in total. The molecular formula is C12H18N6S. The summed E-state index contributed by atoms with van der Waals surface area (Å²) in [6, 6.07) is 1.78. The largest absolute Gasteiger partial charge is 0.363 e. The van der Waals surface area contributed by atoms with E-state index in [0.717, 1.165) is 16.6 Å². The van der Waals surface area contributed by atoms with E-state index in [1.165, 1.54) is 4.88 Å². The van der Waals surface area contributed by atoms with Crippen molar-refractivity contribution in [3.63, 3.8) is 0 Å². The Morgan fingerprint density at radius 3 is 2.63 bits per heavy atom. The number of nitrogens with zero attached hydrogens (tertiary/aromatic N) is 3. The normalized spacial score (nSPS) is 10.8. The first-order chi connectivity index (χ1) is 9.08. The second-order valence-corrected chi connectivity index (χ2v) is 5.83. The van der Waals surface area contributed by atoms with Gasteiger partial charge in [0.1, 0.15) is 22.5 Å². The van der Waals surface area contributed by atoms with Crippen LogP contribution in [0, 0.1) is 6.92 Å². The second-order valence-electron chi connectivity index (χ2n) is 4.51.